The van der Waals surface area contributed by atoms with Crippen molar-refractivity contribution in [3.63, 3.8) is 0 Å². The number of hydrogen-bond acceptors (Lipinski definition) is 4. The van der Waals surface area contributed by atoms with Gasteiger partial charge in [0, 0.05) is 69.2 Å². The minimum Gasteiger partial charge on any atom is -0.379 e. The van der Waals surface area contributed by atoms with Crippen LogP contribution in [-0.2, 0) is 24.9 Å². The van der Waals surface area contributed by atoms with Gasteiger partial charge in [0.1, 0.15) is 0 Å². The van der Waals surface area contributed by atoms with Crippen molar-refractivity contribution < 1.29 is 4.79 Å². The van der Waals surface area contributed by atoms with Gasteiger partial charge in [-0.2, -0.15) is 5.10 Å². The zero-order valence-corrected chi connectivity index (χ0v) is 17.5. The quantitative estimate of drug-likeness (QED) is 0.869. The second kappa shape index (κ2) is 7.24. The first-order valence-corrected chi connectivity index (χ1v) is 10.2. The monoisotopic (exact) mass is 381 g/mol. The van der Waals surface area contributed by atoms with Crippen molar-refractivity contribution in [3.05, 3.63) is 46.8 Å². The SMILES string of the molecule is Cc1nn(C)c(C)c1CN1CCC2(CC1)CC(=O)N(C)Cc1ccccc1N2. The number of aromatic nitrogens is 2. The second-order valence-corrected chi connectivity index (χ2v) is 8.54. The third-order valence-electron chi connectivity index (χ3n) is 6.59. The number of likely N-dealkylation sites (tertiary alicyclic amines) is 1. The highest BCUT2D eigenvalue weighted by molar-refractivity contribution is 5.79. The normalized spacial score (nSPS) is 19.9. The van der Waals surface area contributed by atoms with Crippen LogP contribution in [0.4, 0.5) is 5.69 Å². The Bertz CT molecular complexity index is 879. The first-order chi connectivity index (χ1) is 13.4. The van der Waals surface area contributed by atoms with Gasteiger partial charge >= 0.3 is 0 Å². The molecule has 2 aliphatic rings. The molecule has 150 valence electrons. The van der Waals surface area contributed by atoms with Gasteiger partial charge in [0.2, 0.25) is 5.91 Å². The summed E-state index contributed by atoms with van der Waals surface area (Å²) in [5, 5.41) is 8.34. The van der Waals surface area contributed by atoms with Crippen LogP contribution in [0.25, 0.3) is 0 Å². The molecule has 4 rings (SSSR count). The number of nitrogens with one attached hydrogen (secondary N) is 1. The summed E-state index contributed by atoms with van der Waals surface area (Å²) in [4.78, 5) is 17.1. The van der Waals surface area contributed by atoms with Gasteiger partial charge in [-0.05, 0) is 38.3 Å². The third kappa shape index (κ3) is 3.53. The van der Waals surface area contributed by atoms with Crippen molar-refractivity contribution in [1.82, 2.24) is 19.6 Å². The molecule has 0 radical (unpaired) electrons. The molecule has 28 heavy (non-hydrogen) atoms. The lowest BCUT2D eigenvalue weighted by Crippen LogP contribution is -2.52. The summed E-state index contributed by atoms with van der Waals surface area (Å²) in [5.74, 6) is 0.231. The van der Waals surface area contributed by atoms with Gasteiger partial charge in [-0.25, -0.2) is 0 Å². The Morgan fingerprint density at radius 1 is 1.14 bits per heavy atom. The molecule has 1 amide bonds. The van der Waals surface area contributed by atoms with Crippen molar-refractivity contribution in [3.8, 4) is 0 Å². The maximum atomic E-state index is 12.8. The van der Waals surface area contributed by atoms with Gasteiger partial charge in [0.25, 0.3) is 0 Å². The molecule has 1 fully saturated rings. The first-order valence-electron chi connectivity index (χ1n) is 10.2. The molecule has 1 N–H and O–H groups in total. The molecule has 6 heteroatoms. The number of piperidine rings is 1. The van der Waals surface area contributed by atoms with Crippen LogP contribution in [-0.4, -0.2) is 51.2 Å². The molecule has 2 aliphatic heterocycles. The molecule has 0 aliphatic carbocycles. The van der Waals surface area contributed by atoms with Gasteiger partial charge in [-0.1, -0.05) is 18.2 Å². The number of nitrogens with zero attached hydrogens (tertiary/aromatic N) is 4. The van der Waals surface area contributed by atoms with E-state index in [9.17, 15) is 4.79 Å². The number of carbonyl (C=O) groups is 1. The summed E-state index contributed by atoms with van der Waals surface area (Å²) in [7, 11) is 3.93. The van der Waals surface area contributed by atoms with Crippen LogP contribution in [0.3, 0.4) is 0 Å². The Kier molecular flexibility index (Phi) is 4.91. The number of para-hydroxylation sites is 1. The number of aryl methyl sites for hydroxylation is 2. The minimum atomic E-state index is -0.155. The Labute approximate surface area is 167 Å². The van der Waals surface area contributed by atoms with Crippen molar-refractivity contribution in [1.29, 1.82) is 0 Å². The van der Waals surface area contributed by atoms with E-state index in [0.717, 1.165) is 38.2 Å². The second-order valence-electron chi connectivity index (χ2n) is 8.54. The minimum absolute atomic E-state index is 0.155. The van der Waals surface area contributed by atoms with Crippen molar-refractivity contribution in [2.75, 3.05) is 25.5 Å². The summed E-state index contributed by atoms with van der Waals surface area (Å²) in [6.07, 6.45) is 2.51. The van der Waals surface area contributed by atoms with E-state index in [2.05, 4.69) is 47.4 Å². The van der Waals surface area contributed by atoms with E-state index < -0.39 is 0 Å². The average Bonchev–Trinajstić information content (AvgIpc) is 2.90. The predicted octanol–water partition coefficient (Wildman–Crippen LogP) is 2.85. The van der Waals surface area contributed by atoms with Gasteiger partial charge in [0.05, 0.1) is 5.69 Å². The number of carbonyl (C=O) groups excluding carboxylic acids is 1. The number of hydrogen-bond donors (Lipinski definition) is 1. The fourth-order valence-corrected chi connectivity index (χ4v) is 4.59. The zero-order valence-electron chi connectivity index (χ0n) is 17.5. The molecule has 0 bridgehead atoms. The van der Waals surface area contributed by atoms with Gasteiger partial charge in [-0.3, -0.25) is 14.4 Å². The van der Waals surface area contributed by atoms with E-state index in [1.54, 1.807) is 0 Å². The fraction of sp³-hybridized carbons (Fsp3) is 0.545. The lowest BCUT2D eigenvalue weighted by molar-refractivity contribution is -0.132. The number of fused-ring (bicyclic) bond motifs is 1. The lowest BCUT2D eigenvalue weighted by Gasteiger charge is -2.45. The molecule has 2 aromatic rings. The highest BCUT2D eigenvalue weighted by Gasteiger charge is 2.39. The van der Waals surface area contributed by atoms with E-state index in [1.807, 2.05) is 29.7 Å². The zero-order chi connectivity index (χ0) is 19.9. The van der Waals surface area contributed by atoms with E-state index in [4.69, 9.17) is 0 Å². The van der Waals surface area contributed by atoms with Crippen molar-refractivity contribution >= 4 is 11.6 Å². The molecule has 3 heterocycles. The molecule has 6 nitrogen and oxygen atoms in total. The van der Waals surface area contributed by atoms with E-state index in [0.29, 0.717) is 13.0 Å². The maximum Gasteiger partial charge on any atom is 0.224 e. The lowest BCUT2D eigenvalue weighted by atomic mass is 9.82. The third-order valence-corrected chi connectivity index (χ3v) is 6.59. The van der Waals surface area contributed by atoms with Gasteiger partial charge < -0.3 is 10.2 Å². The number of benzene rings is 1. The topological polar surface area (TPSA) is 53.4 Å². The molecule has 1 saturated heterocycles. The molecular weight excluding hydrogens is 350 g/mol. The molecular formula is C22H31N5O. The standard InChI is InChI=1S/C22H31N5O/c1-16-19(17(2)26(4)24-16)15-27-11-9-22(10-12-27)13-21(28)25(3)14-18-7-5-6-8-20(18)23-22/h5-8,23H,9-15H2,1-4H3. The molecule has 1 aromatic carbocycles. The molecule has 1 aromatic heterocycles. The van der Waals surface area contributed by atoms with E-state index >= 15 is 0 Å². The summed E-state index contributed by atoms with van der Waals surface area (Å²) in [6.45, 7) is 7.81. The Morgan fingerprint density at radius 3 is 2.54 bits per heavy atom. The highest BCUT2D eigenvalue weighted by atomic mass is 16.2. The van der Waals surface area contributed by atoms with Crippen LogP contribution in [0.15, 0.2) is 24.3 Å². The van der Waals surface area contributed by atoms with Crippen molar-refractivity contribution in [2.45, 2.75) is 51.7 Å². The summed E-state index contributed by atoms with van der Waals surface area (Å²) < 4.78 is 1.97. The van der Waals surface area contributed by atoms with Gasteiger partial charge in [0.15, 0.2) is 0 Å². The number of anilines is 1. The van der Waals surface area contributed by atoms with Crippen LogP contribution >= 0.6 is 0 Å². The van der Waals surface area contributed by atoms with Crippen LogP contribution in [0.1, 0.15) is 41.8 Å². The molecule has 0 atom stereocenters. The molecule has 1 spiro atoms. The number of amides is 1. The summed E-state index contributed by atoms with van der Waals surface area (Å²) in [6, 6.07) is 8.39. The maximum absolute atomic E-state index is 12.8. The highest BCUT2D eigenvalue weighted by Crippen LogP contribution is 2.35. The predicted molar refractivity (Wildman–Crippen MR) is 111 cm³/mol. The number of rotatable bonds is 2. The largest absolute Gasteiger partial charge is 0.379 e. The smallest absolute Gasteiger partial charge is 0.224 e. The van der Waals surface area contributed by atoms with E-state index in [-0.39, 0.29) is 11.4 Å². The van der Waals surface area contributed by atoms with Crippen LogP contribution in [0.2, 0.25) is 0 Å². The Balaban J connectivity index is 1.51. The molecule has 0 unspecified atom stereocenters. The summed E-state index contributed by atoms with van der Waals surface area (Å²) >= 11 is 0. The first kappa shape index (κ1) is 19.0. The van der Waals surface area contributed by atoms with Crippen LogP contribution < -0.4 is 5.32 Å². The van der Waals surface area contributed by atoms with Crippen LogP contribution in [0.5, 0.6) is 0 Å². The fourth-order valence-electron chi connectivity index (χ4n) is 4.59. The summed E-state index contributed by atoms with van der Waals surface area (Å²) in [5.41, 5.74) is 5.92. The van der Waals surface area contributed by atoms with Crippen molar-refractivity contribution in [2.24, 2.45) is 7.05 Å². The van der Waals surface area contributed by atoms with Crippen LogP contribution in [0, 0.1) is 13.8 Å². The Morgan fingerprint density at radius 2 is 1.86 bits per heavy atom. The molecule has 0 saturated carbocycles. The van der Waals surface area contributed by atoms with E-state index in [1.165, 1.54) is 22.5 Å². The average molecular weight is 382 g/mol. The Hall–Kier alpha value is -2.34. The van der Waals surface area contributed by atoms with Gasteiger partial charge in [-0.15, -0.1) is 0 Å².